The maximum atomic E-state index is 5.68. The van der Waals surface area contributed by atoms with Crippen LogP contribution in [0.5, 0.6) is 0 Å². The molecule has 16 heavy (non-hydrogen) atoms. The van der Waals surface area contributed by atoms with Gasteiger partial charge in [0.05, 0.1) is 10.6 Å². The Bertz CT molecular complexity index is 423. The Morgan fingerprint density at radius 2 is 2.50 bits per heavy atom. The highest BCUT2D eigenvalue weighted by molar-refractivity contribution is 7.98. The normalized spacial score (nSPS) is 12.9. The van der Waals surface area contributed by atoms with Crippen LogP contribution in [0.3, 0.4) is 0 Å². The van der Waals surface area contributed by atoms with Crippen molar-refractivity contribution in [2.45, 2.75) is 18.7 Å². The molecular formula is C11H14N2OS2. The Balaban J connectivity index is 1.93. The van der Waals surface area contributed by atoms with E-state index in [1.807, 2.05) is 30.5 Å². The molecule has 86 valence electrons. The van der Waals surface area contributed by atoms with Gasteiger partial charge in [-0.1, -0.05) is 11.2 Å². The van der Waals surface area contributed by atoms with E-state index in [-0.39, 0.29) is 6.04 Å². The van der Waals surface area contributed by atoms with Gasteiger partial charge < -0.3 is 10.3 Å². The molecule has 2 aromatic rings. The summed E-state index contributed by atoms with van der Waals surface area (Å²) in [6, 6.07) is 6.27. The van der Waals surface area contributed by atoms with Crippen molar-refractivity contribution in [2.24, 2.45) is 5.73 Å². The van der Waals surface area contributed by atoms with Gasteiger partial charge in [-0.2, -0.15) is 11.8 Å². The van der Waals surface area contributed by atoms with E-state index in [1.165, 1.54) is 0 Å². The maximum Gasteiger partial charge on any atom is 0.177 e. The number of rotatable bonds is 5. The zero-order valence-electron chi connectivity index (χ0n) is 9.05. The van der Waals surface area contributed by atoms with Crippen molar-refractivity contribution in [1.82, 2.24) is 5.16 Å². The summed E-state index contributed by atoms with van der Waals surface area (Å²) in [6.07, 6.45) is 0. The number of thioether (sulfide) groups is 1. The van der Waals surface area contributed by atoms with Crippen LogP contribution < -0.4 is 5.73 Å². The summed E-state index contributed by atoms with van der Waals surface area (Å²) in [5, 5.41) is 6.07. The third-order valence-electron chi connectivity index (χ3n) is 1.95. The van der Waals surface area contributed by atoms with Gasteiger partial charge in [0.25, 0.3) is 0 Å². The minimum absolute atomic E-state index is 0.230. The van der Waals surface area contributed by atoms with E-state index in [0.29, 0.717) is 0 Å². The average Bonchev–Trinajstić information content (AvgIpc) is 2.85. The second-order valence-corrected chi connectivity index (χ2v) is 5.63. The molecule has 2 aromatic heterocycles. The van der Waals surface area contributed by atoms with Gasteiger partial charge in [-0.05, 0) is 18.4 Å². The monoisotopic (exact) mass is 254 g/mol. The molecular weight excluding hydrogens is 240 g/mol. The van der Waals surface area contributed by atoms with E-state index >= 15 is 0 Å². The van der Waals surface area contributed by atoms with Crippen LogP contribution in [0.1, 0.15) is 12.6 Å². The molecule has 1 atom stereocenters. The van der Waals surface area contributed by atoms with Gasteiger partial charge in [-0.25, -0.2) is 0 Å². The molecule has 0 spiro atoms. The fraction of sp³-hybridized carbons (Fsp3) is 0.364. The van der Waals surface area contributed by atoms with E-state index in [9.17, 15) is 0 Å². The summed E-state index contributed by atoms with van der Waals surface area (Å²) in [5.41, 5.74) is 6.66. The third kappa shape index (κ3) is 3.10. The summed E-state index contributed by atoms with van der Waals surface area (Å²) in [5.74, 6) is 2.66. The minimum atomic E-state index is 0.230. The molecule has 0 aliphatic carbocycles. The van der Waals surface area contributed by atoms with Gasteiger partial charge in [0.1, 0.15) is 0 Å². The molecule has 0 bridgehead atoms. The van der Waals surface area contributed by atoms with Crippen molar-refractivity contribution in [2.75, 3.05) is 5.75 Å². The molecule has 0 aliphatic rings. The molecule has 5 heteroatoms. The molecule has 0 amide bonds. The summed E-state index contributed by atoms with van der Waals surface area (Å²) < 4.78 is 5.28. The lowest BCUT2D eigenvalue weighted by atomic mass is 10.3. The molecule has 0 aliphatic heterocycles. The van der Waals surface area contributed by atoms with E-state index in [0.717, 1.165) is 27.8 Å². The van der Waals surface area contributed by atoms with Crippen molar-refractivity contribution < 1.29 is 4.52 Å². The molecule has 0 saturated carbocycles. The topological polar surface area (TPSA) is 52.0 Å². The molecule has 0 saturated heterocycles. The summed E-state index contributed by atoms with van der Waals surface area (Å²) in [7, 11) is 0. The van der Waals surface area contributed by atoms with Gasteiger partial charge in [0.2, 0.25) is 0 Å². The van der Waals surface area contributed by atoms with Crippen LogP contribution in [0.15, 0.2) is 28.1 Å². The number of nitrogens with zero attached hydrogens (tertiary/aromatic N) is 1. The number of thiophene rings is 1. The lowest BCUT2D eigenvalue weighted by Gasteiger charge is -2.01. The number of aromatic nitrogens is 1. The largest absolute Gasteiger partial charge is 0.355 e. The van der Waals surface area contributed by atoms with Gasteiger partial charge in [-0.3, -0.25) is 0 Å². The smallest absolute Gasteiger partial charge is 0.177 e. The summed E-state index contributed by atoms with van der Waals surface area (Å²) >= 11 is 3.44. The Hall–Kier alpha value is -0.780. The van der Waals surface area contributed by atoms with Crippen molar-refractivity contribution in [1.29, 1.82) is 0 Å². The van der Waals surface area contributed by atoms with Crippen LogP contribution in [0, 0.1) is 0 Å². The second kappa shape index (κ2) is 5.52. The quantitative estimate of drug-likeness (QED) is 0.891. The predicted octanol–water partition coefficient (Wildman–Crippen LogP) is 2.98. The van der Waals surface area contributed by atoms with Crippen LogP contribution in [0.4, 0.5) is 0 Å². The maximum absolute atomic E-state index is 5.68. The molecule has 2 N–H and O–H groups in total. The molecule has 0 fully saturated rings. The van der Waals surface area contributed by atoms with Crippen LogP contribution >= 0.6 is 23.1 Å². The lowest BCUT2D eigenvalue weighted by molar-refractivity contribution is 0.427. The zero-order chi connectivity index (χ0) is 11.4. The first-order chi connectivity index (χ1) is 7.75. The van der Waals surface area contributed by atoms with Crippen LogP contribution in [-0.2, 0) is 5.75 Å². The molecule has 0 radical (unpaired) electrons. The van der Waals surface area contributed by atoms with Crippen molar-refractivity contribution >= 4 is 23.1 Å². The van der Waals surface area contributed by atoms with E-state index in [2.05, 4.69) is 5.16 Å². The van der Waals surface area contributed by atoms with E-state index in [1.54, 1.807) is 23.1 Å². The lowest BCUT2D eigenvalue weighted by Crippen LogP contribution is -2.17. The zero-order valence-corrected chi connectivity index (χ0v) is 10.7. The number of hydrogen-bond donors (Lipinski definition) is 1. The Morgan fingerprint density at radius 3 is 3.19 bits per heavy atom. The Kier molecular flexibility index (Phi) is 4.04. The average molecular weight is 254 g/mol. The van der Waals surface area contributed by atoms with Gasteiger partial charge in [0, 0.05) is 23.6 Å². The first-order valence-electron chi connectivity index (χ1n) is 5.08. The molecule has 0 aromatic carbocycles. The number of nitrogens with two attached hydrogens (primary N) is 1. The Labute approximate surface area is 103 Å². The third-order valence-corrected chi connectivity index (χ3v) is 4.10. The van der Waals surface area contributed by atoms with E-state index in [4.69, 9.17) is 10.3 Å². The molecule has 2 heterocycles. The number of hydrogen-bond acceptors (Lipinski definition) is 5. The molecule has 1 unspecified atom stereocenters. The predicted molar refractivity (Wildman–Crippen MR) is 69.6 cm³/mol. The van der Waals surface area contributed by atoms with Crippen LogP contribution in [-0.4, -0.2) is 17.0 Å². The fourth-order valence-electron chi connectivity index (χ4n) is 1.26. The summed E-state index contributed by atoms with van der Waals surface area (Å²) in [6.45, 7) is 2.01. The van der Waals surface area contributed by atoms with Gasteiger partial charge in [0.15, 0.2) is 5.76 Å². The van der Waals surface area contributed by atoms with Crippen LogP contribution in [0.2, 0.25) is 0 Å². The van der Waals surface area contributed by atoms with Crippen molar-refractivity contribution in [3.05, 3.63) is 29.3 Å². The minimum Gasteiger partial charge on any atom is -0.355 e. The first-order valence-corrected chi connectivity index (χ1v) is 7.12. The standard InChI is InChI=1S/C11H14N2OS2/c1-8(12)6-15-7-9-5-10(14-13-9)11-3-2-4-16-11/h2-5,8H,6-7,12H2,1H3. The highest BCUT2D eigenvalue weighted by Gasteiger charge is 2.07. The fourth-order valence-corrected chi connectivity index (χ4v) is 2.77. The van der Waals surface area contributed by atoms with Crippen molar-refractivity contribution in [3.63, 3.8) is 0 Å². The van der Waals surface area contributed by atoms with Gasteiger partial charge in [-0.15, -0.1) is 11.3 Å². The Morgan fingerprint density at radius 1 is 1.62 bits per heavy atom. The van der Waals surface area contributed by atoms with E-state index < -0.39 is 0 Å². The highest BCUT2D eigenvalue weighted by Crippen LogP contribution is 2.26. The molecule has 2 rings (SSSR count). The van der Waals surface area contributed by atoms with Crippen LogP contribution in [0.25, 0.3) is 10.6 Å². The molecule has 3 nitrogen and oxygen atoms in total. The highest BCUT2D eigenvalue weighted by atomic mass is 32.2. The summed E-state index contributed by atoms with van der Waals surface area (Å²) in [4.78, 5) is 1.12. The van der Waals surface area contributed by atoms with Crippen molar-refractivity contribution in [3.8, 4) is 10.6 Å². The first kappa shape index (κ1) is 11.7. The SMILES string of the molecule is CC(N)CSCc1cc(-c2cccs2)on1. The van der Waals surface area contributed by atoms with Gasteiger partial charge >= 0.3 is 0 Å². The second-order valence-electron chi connectivity index (χ2n) is 3.65.